The van der Waals surface area contributed by atoms with Gasteiger partial charge in [0.15, 0.2) is 15.2 Å². The van der Waals surface area contributed by atoms with Gasteiger partial charge in [0.25, 0.3) is 0 Å². The molecule has 2 heterocycles. The number of rotatable bonds is 2. The lowest BCUT2D eigenvalue weighted by Gasteiger charge is -2.34. The van der Waals surface area contributed by atoms with Gasteiger partial charge >= 0.3 is 5.97 Å². The molecule has 1 aliphatic rings. The number of thiazole rings is 1. The summed E-state index contributed by atoms with van der Waals surface area (Å²) in [6.07, 6.45) is 1.24. The Morgan fingerprint density at radius 2 is 2.06 bits per heavy atom. The lowest BCUT2D eigenvalue weighted by Crippen LogP contribution is -2.38. The molecule has 2 atom stereocenters. The van der Waals surface area contributed by atoms with Crippen LogP contribution in [0.5, 0.6) is 0 Å². The zero-order valence-corrected chi connectivity index (χ0v) is 12.3. The number of carbonyl (C=O) groups excluding carboxylic acids is 1. The van der Waals surface area contributed by atoms with Crippen LogP contribution in [0.4, 0.5) is 5.13 Å². The van der Waals surface area contributed by atoms with Crippen LogP contribution in [0.1, 0.15) is 29.9 Å². The van der Waals surface area contributed by atoms with Gasteiger partial charge in [-0.05, 0) is 18.3 Å². The van der Waals surface area contributed by atoms with Gasteiger partial charge in [0.1, 0.15) is 0 Å². The summed E-state index contributed by atoms with van der Waals surface area (Å²) in [5.74, 6) is 0.859. The van der Waals surface area contributed by atoms with Gasteiger partial charge < -0.3 is 9.64 Å². The van der Waals surface area contributed by atoms with Crippen LogP contribution >= 0.6 is 22.9 Å². The van der Waals surface area contributed by atoms with E-state index in [9.17, 15) is 4.79 Å². The molecule has 0 aromatic carbocycles. The minimum atomic E-state index is -0.415. The zero-order valence-electron chi connectivity index (χ0n) is 10.8. The monoisotopic (exact) mass is 288 g/mol. The van der Waals surface area contributed by atoms with Crippen molar-refractivity contribution < 1.29 is 9.53 Å². The SMILES string of the molecule is COC(=O)c1sc(N2C[C@H](C)C[C@@H](C)C2)nc1Cl. The van der Waals surface area contributed by atoms with E-state index in [0.29, 0.717) is 16.7 Å². The van der Waals surface area contributed by atoms with Gasteiger partial charge in [-0.3, -0.25) is 0 Å². The Labute approximate surface area is 116 Å². The maximum absolute atomic E-state index is 11.5. The minimum Gasteiger partial charge on any atom is -0.465 e. The molecule has 1 aromatic heterocycles. The Balaban J connectivity index is 2.21. The second-order valence-corrected chi connectivity index (χ2v) is 6.29. The number of hydrogen-bond donors (Lipinski definition) is 0. The van der Waals surface area contributed by atoms with Crippen LogP contribution in [-0.2, 0) is 4.74 Å². The topological polar surface area (TPSA) is 42.4 Å². The summed E-state index contributed by atoms with van der Waals surface area (Å²) in [5, 5.41) is 1.06. The van der Waals surface area contributed by atoms with E-state index < -0.39 is 5.97 Å². The van der Waals surface area contributed by atoms with E-state index in [0.717, 1.165) is 18.2 Å². The first kappa shape index (κ1) is 13.6. The van der Waals surface area contributed by atoms with Crippen molar-refractivity contribution in [3.05, 3.63) is 10.0 Å². The summed E-state index contributed by atoms with van der Waals surface area (Å²) in [5.41, 5.74) is 0. The zero-order chi connectivity index (χ0) is 13.3. The number of aromatic nitrogens is 1. The molecule has 0 spiro atoms. The fourth-order valence-electron chi connectivity index (χ4n) is 2.46. The normalized spacial score (nSPS) is 24.1. The summed E-state index contributed by atoms with van der Waals surface area (Å²) in [6.45, 7) is 6.40. The Kier molecular flexibility index (Phi) is 4.12. The number of carbonyl (C=O) groups is 1. The molecule has 0 saturated carbocycles. The summed E-state index contributed by atoms with van der Waals surface area (Å²) in [6, 6.07) is 0. The van der Waals surface area contributed by atoms with Crippen molar-refractivity contribution >= 4 is 34.0 Å². The molecule has 6 heteroatoms. The predicted molar refractivity (Wildman–Crippen MR) is 73.6 cm³/mol. The van der Waals surface area contributed by atoms with E-state index in [4.69, 9.17) is 11.6 Å². The van der Waals surface area contributed by atoms with Crippen molar-refractivity contribution in [3.8, 4) is 0 Å². The second kappa shape index (κ2) is 5.45. The van der Waals surface area contributed by atoms with Gasteiger partial charge in [-0.2, -0.15) is 0 Å². The number of ether oxygens (including phenoxy) is 1. The number of hydrogen-bond acceptors (Lipinski definition) is 5. The third-order valence-electron chi connectivity index (χ3n) is 3.08. The maximum Gasteiger partial charge on any atom is 0.351 e. The first-order valence-corrected chi connectivity index (χ1v) is 7.20. The lowest BCUT2D eigenvalue weighted by molar-refractivity contribution is 0.0606. The Hall–Kier alpha value is -0.810. The quantitative estimate of drug-likeness (QED) is 0.785. The smallest absolute Gasteiger partial charge is 0.351 e. The van der Waals surface area contributed by atoms with Gasteiger partial charge in [-0.1, -0.05) is 36.8 Å². The van der Waals surface area contributed by atoms with E-state index in [1.165, 1.54) is 24.9 Å². The molecule has 18 heavy (non-hydrogen) atoms. The summed E-state index contributed by atoms with van der Waals surface area (Å²) < 4.78 is 4.69. The highest BCUT2D eigenvalue weighted by molar-refractivity contribution is 7.18. The molecule has 4 nitrogen and oxygen atoms in total. The number of methoxy groups -OCH3 is 1. The van der Waals surface area contributed by atoms with Crippen molar-refractivity contribution in [1.29, 1.82) is 0 Å². The van der Waals surface area contributed by atoms with Crippen LogP contribution in [0.15, 0.2) is 0 Å². The Bertz CT molecular complexity index is 439. The molecule has 1 fully saturated rings. The molecule has 1 saturated heterocycles. The lowest BCUT2D eigenvalue weighted by atomic mass is 9.92. The molecule has 0 radical (unpaired) electrons. The van der Waals surface area contributed by atoms with Gasteiger partial charge in [0, 0.05) is 13.1 Å². The average Bonchev–Trinajstić information content (AvgIpc) is 2.69. The highest BCUT2D eigenvalue weighted by Gasteiger charge is 2.26. The van der Waals surface area contributed by atoms with Crippen molar-refractivity contribution in [1.82, 2.24) is 4.98 Å². The molecule has 0 aliphatic carbocycles. The van der Waals surface area contributed by atoms with Crippen LogP contribution in [0.25, 0.3) is 0 Å². The first-order chi connectivity index (χ1) is 8.51. The minimum absolute atomic E-state index is 0.243. The fourth-order valence-corrected chi connectivity index (χ4v) is 3.68. The first-order valence-electron chi connectivity index (χ1n) is 6.00. The van der Waals surface area contributed by atoms with E-state index in [1.54, 1.807) is 0 Å². The Morgan fingerprint density at radius 3 is 2.61 bits per heavy atom. The van der Waals surface area contributed by atoms with Crippen molar-refractivity contribution in [2.24, 2.45) is 11.8 Å². The molecule has 0 amide bonds. The highest BCUT2D eigenvalue weighted by Crippen LogP contribution is 2.33. The van der Waals surface area contributed by atoms with Crippen LogP contribution in [-0.4, -0.2) is 31.2 Å². The van der Waals surface area contributed by atoms with Gasteiger partial charge in [0.05, 0.1) is 7.11 Å². The van der Waals surface area contributed by atoms with E-state index in [2.05, 4.69) is 28.5 Å². The van der Waals surface area contributed by atoms with E-state index >= 15 is 0 Å². The largest absolute Gasteiger partial charge is 0.465 e. The third-order valence-corrected chi connectivity index (χ3v) is 4.57. The van der Waals surface area contributed by atoms with Crippen LogP contribution < -0.4 is 4.90 Å². The molecule has 1 aliphatic heterocycles. The van der Waals surface area contributed by atoms with Gasteiger partial charge in [-0.15, -0.1) is 0 Å². The number of anilines is 1. The van der Waals surface area contributed by atoms with Gasteiger partial charge in [0.2, 0.25) is 0 Å². The Morgan fingerprint density at radius 1 is 1.44 bits per heavy atom. The van der Waals surface area contributed by atoms with Gasteiger partial charge in [-0.25, -0.2) is 9.78 Å². The van der Waals surface area contributed by atoms with E-state index in [-0.39, 0.29) is 5.15 Å². The average molecular weight is 289 g/mol. The van der Waals surface area contributed by atoms with Crippen LogP contribution in [0, 0.1) is 11.8 Å². The molecule has 100 valence electrons. The van der Waals surface area contributed by atoms with Crippen molar-refractivity contribution in [3.63, 3.8) is 0 Å². The summed E-state index contributed by atoms with van der Waals surface area (Å²) in [4.78, 5) is 18.4. The number of esters is 1. The molecular weight excluding hydrogens is 272 g/mol. The number of halogens is 1. The highest BCUT2D eigenvalue weighted by atomic mass is 35.5. The summed E-state index contributed by atoms with van der Waals surface area (Å²) >= 11 is 7.29. The standard InChI is InChI=1S/C12H17ClN2O2S/c1-7-4-8(2)6-15(5-7)12-14-10(13)9(18-12)11(16)17-3/h7-8H,4-6H2,1-3H3/t7-,8-/m1/s1. The molecule has 0 bridgehead atoms. The molecular formula is C12H17ClN2O2S. The van der Waals surface area contributed by atoms with Crippen molar-refractivity contribution in [2.45, 2.75) is 20.3 Å². The molecule has 2 rings (SSSR count). The molecule has 1 aromatic rings. The molecule has 0 N–H and O–H groups in total. The van der Waals surface area contributed by atoms with Crippen molar-refractivity contribution in [2.75, 3.05) is 25.1 Å². The number of piperidine rings is 1. The second-order valence-electron chi connectivity index (χ2n) is 4.96. The van der Waals surface area contributed by atoms with Crippen LogP contribution in [0.3, 0.4) is 0 Å². The number of nitrogens with zero attached hydrogens (tertiary/aromatic N) is 2. The third kappa shape index (κ3) is 2.78. The predicted octanol–water partition coefficient (Wildman–Crippen LogP) is 3.07. The molecule has 0 unspecified atom stereocenters. The fraction of sp³-hybridized carbons (Fsp3) is 0.667. The van der Waals surface area contributed by atoms with Crippen LogP contribution in [0.2, 0.25) is 5.15 Å². The van der Waals surface area contributed by atoms with E-state index in [1.807, 2.05) is 0 Å². The maximum atomic E-state index is 11.5. The summed E-state index contributed by atoms with van der Waals surface area (Å²) in [7, 11) is 1.35.